The van der Waals surface area contributed by atoms with Crippen LogP contribution in [0.2, 0.25) is 0 Å². The topological polar surface area (TPSA) is 43.9 Å². The molecule has 126 valence electrons. The predicted octanol–water partition coefficient (Wildman–Crippen LogP) is 1.58. The number of rotatable bonds is 3. The van der Waals surface area contributed by atoms with Gasteiger partial charge >= 0.3 is 0 Å². The van der Waals surface area contributed by atoms with Gasteiger partial charge in [0.1, 0.15) is 0 Å². The van der Waals surface area contributed by atoms with Crippen LogP contribution in [0.4, 0.5) is 0 Å². The van der Waals surface area contributed by atoms with E-state index in [2.05, 4.69) is 25.7 Å². The average molecular weight is 309 g/mol. The molecule has 0 bridgehead atoms. The molecule has 0 spiro atoms. The van der Waals surface area contributed by atoms with Gasteiger partial charge in [0.2, 0.25) is 11.8 Å². The minimum absolute atomic E-state index is 0.0365. The lowest BCUT2D eigenvalue weighted by molar-refractivity contribution is -0.132. The molecule has 0 saturated carbocycles. The maximum Gasteiger partial charge on any atom is 0.236 e. The average Bonchev–Trinajstić information content (AvgIpc) is 2.84. The fourth-order valence-electron chi connectivity index (χ4n) is 3.20. The van der Waals surface area contributed by atoms with Crippen molar-refractivity contribution in [2.24, 2.45) is 5.41 Å². The Hall–Kier alpha value is -1.10. The predicted molar refractivity (Wildman–Crippen MR) is 87.5 cm³/mol. The van der Waals surface area contributed by atoms with Gasteiger partial charge in [0.25, 0.3) is 0 Å². The number of carbonyl (C=O) groups is 2. The fourth-order valence-corrected chi connectivity index (χ4v) is 3.20. The van der Waals surface area contributed by atoms with E-state index < -0.39 is 0 Å². The summed E-state index contributed by atoms with van der Waals surface area (Å²) in [5.74, 6) is 0.507. The van der Waals surface area contributed by atoms with Gasteiger partial charge < -0.3 is 9.80 Å². The summed E-state index contributed by atoms with van der Waals surface area (Å²) in [4.78, 5) is 30.7. The first-order chi connectivity index (χ1) is 10.3. The highest BCUT2D eigenvalue weighted by atomic mass is 16.2. The van der Waals surface area contributed by atoms with Gasteiger partial charge in [-0.3, -0.25) is 14.5 Å². The Morgan fingerprint density at radius 2 is 1.36 bits per heavy atom. The van der Waals surface area contributed by atoms with Crippen LogP contribution in [0, 0.1) is 5.41 Å². The quantitative estimate of drug-likeness (QED) is 0.795. The van der Waals surface area contributed by atoms with Crippen molar-refractivity contribution >= 4 is 11.8 Å². The summed E-state index contributed by atoms with van der Waals surface area (Å²) < 4.78 is 0. The van der Waals surface area contributed by atoms with Gasteiger partial charge in [-0.15, -0.1) is 0 Å². The first-order valence-corrected chi connectivity index (χ1v) is 8.63. The monoisotopic (exact) mass is 309 g/mol. The van der Waals surface area contributed by atoms with Crippen LogP contribution in [0.3, 0.4) is 0 Å². The minimum Gasteiger partial charge on any atom is -0.342 e. The second-order valence-electron chi connectivity index (χ2n) is 7.84. The fraction of sp³-hybridized carbons (Fsp3) is 0.882. The first kappa shape index (κ1) is 17.3. The normalized spacial score (nSPS) is 21.0. The van der Waals surface area contributed by atoms with Crippen molar-refractivity contribution in [3.05, 3.63) is 0 Å². The highest BCUT2D eigenvalue weighted by Crippen LogP contribution is 2.20. The summed E-state index contributed by atoms with van der Waals surface area (Å²) in [6.45, 7) is 12.0. The Labute approximate surface area is 134 Å². The smallest absolute Gasteiger partial charge is 0.236 e. The van der Waals surface area contributed by atoms with E-state index in [0.29, 0.717) is 13.0 Å². The molecule has 22 heavy (non-hydrogen) atoms. The molecule has 2 saturated heterocycles. The summed E-state index contributed by atoms with van der Waals surface area (Å²) >= 11 is 0. The molecule has 2 fully saturated rings. The second kappa shape index (κ2) is 7.44. The molecule has 2 amide bonds. The van der Waals surface area contributed by atoms with Gasteiger partial charge in [-0.25, -0.2) is 0 Å². The summed E-state index contributed by atoms with van der Waals surface area (Å²) in [6, 6.07) is 0. The third-order valence-corrected chi connectivity index (χ3v) is 4.44. The van der Waals surface area contributed by atoms with E-state index in [1.165, 1.54) is 0 Å². The Bertz CT molecular complexity index is 397. The van der Waals surface area contributed by atoms with Gasteiger partial charge in [-0.05, 0) is 24.7 Å². The Morgan fingerprint density at radius 3 is 2.00 bits per heavy atom. The molecular weight excluding hydrogens is 278 g/mol. The Kier molecular flexibility index (Phi) is 5.84. The van der Waals surface area contributed by atoms with Crippen molar-refractivity contribution < 1.29 is 9.59 Å². The highest BCUT2D eigenvalue weighted by Gasteiger charge is 2.25. The second-order valence-corrected chi connectivity index (χ2v) is 7.84. The number of hydrogen-bond donors (Lipinski definition) is 0. The van der Waals surface area contributed by atoms with Gasteiger partial charge in [0, 0.05) is 45.7 Å². The third-order valence-electron chi connectivity index (χ3n) is 4.44. The molecule has 0 N–H and O–H groups in total. The van der Waals surface area contributed by atoms with Gasteiger partial charge in [-0.2, -0.15) is 0 Å². The third kappa shape index (κ3) is 5.27. The SMILES string of the molecule is CC(C)(C)CC(=O)N1CCCN(CC(=O)N2CCCC2)CC1. The number of hydrogen-bond acceptors (Lipinski definition) is 3. The van der Waals surface area contributed by atoms with E-state index in [1.54, 1.807) is 0 Å². The van der Waals surface area contributed by atoms with Gasteiger partial charge in [0.05, 0.1) is 6.54 Å². The maximum atomic E-state index is 12.3. The van der Waals surface area contributed by atoms with Gasteiger partial charge in [0.15, 0.2) is 0 Å². The number of nitrogens with zero attached hydrogens (tertiary/aromatic N) is 3. The van der Waals surface area contributed by atoms with Crippen molar-refractivity contribution in [1.29, 1.82) is 0 Å². The standard InChI is InChI=1S/C17H31N3O2/c1-17(2,3)13-15(21)20-10-6-7-18(11-12-20)14-16(22)19-8-4-5-9-19/h4-14H2,1-3H3. The van der Waals surface area contributed by atoms with Gasteiger partial charge in [-0.1, -0.05) is 20.8 Å². The number of carbonyl (C=O) groups excluding carboxylic acids is 2. The highest BCUT2D eigenvalue weighted by molar-refractivity contribution is 5.78. The minimum atomic E-state index is 0.0365. The van der Waals surface area contributed by atoms with Crippen molar-refractivity contribution in [3.63, 3.8) is 0 Å². The molecule has 0 aromatic rings. The molecule has 0 aromatic heterocycles. The zero-order chi connectivity index (χ0) is 16.2. The van der Waals surface area contributed by atoms with Crippen molar-refractivity contribution in [1.82, 2.24) is 14.7 Å². The molecule has 5 nitrogen and oxygen atoms in total. The largest absolute Gasteiger partial charge is 0.342 e. The molecule has 0 aromatic carbocycles. The number of amides is 2. The molecule has 0 atom stereocenters. The summed E-state index contributed by atoms with van der Waals surface area (Å²) in [5, 5.41) is 0. The zero-order valence-electron chi connectivity index (χ0n) is 14.4. The molecule has 0 unspecified atom stereocenters. The molecule has 2 rings (SSSR count). The first-order valence-electron chi connectivity index (χ1n) is 8.63. The van der Waals surface area contributed by atoms with Crippen molar-refractivity contribution in [2.75, 3.05) is 45.8 Å². The van der Waals surface area contributed by atoms with E-state index in [9.17, 15) is 9.59 Å². The van der Waals surface area contributed by atoms with Crippen molar-refractivity contribution in [3.8, 4) is 0 Å². The lowest BCUT2D eigenvalue weighted by Gasteiger charge is -2.26. The maximum absolute atomic E-state index is 12.3. The van der Waals surface area contributed by atoms with Crippen LogP contribution < -0.4 is 0 Å². The van der Waals surface area contributed by atoms with Crippen molar-refractivity contribution in [2.45, 2.75) is 46.5 Å². The van der Waals surface area contributed by atoms with Crippen LogP contribution in [-0.2, 0) is 9.59 Å². The van der Waals surface area contributed by atoms with E-state index in [1.807, 2.05) is 9.80 Å². The molecule has 0 radical (unpaired) electrons. The molecule has 2 aliphatic heterocycles. The summed E-state index contributed by atoms with van der Waals surface area (Å²) in [5.41, 5.74) is 0.0365. The number of likely N-dealkylation sites (tertiary alicyclic amines) is 1. The van der Waals surface area contributed by atoms with E-state index >= 15 is 0 Å². The molecular formula is C17H31N3O2. The molecule has 0 aliphatic carbocycles. The zero-order valence-corrected chi connectivity index (χ0v) is 14.4. The van der Waals surface area contributed by atoms with E-state index in [0.717, 1.165) is 58.5 Å². The van der Waals surface area contributed by atoms with Crippen LogP contribution in [0.25, 0.3) is 0 Å². The van der Waals surface area contributed by atoms with Crippen LogP contribution in [0.15, 0.2) is 0 Å². The Morgan fingerprint density at radius 1 is 0.773 bits per heavy atom. The van der Waals surface area contributed by atoms with E-state index in [-0.39, 0.29) is 17.2 Å². The van der Waals surface area contributed by atoms with Crippen LogP contribution in [0.5, 0.6) is 0 Å². The lowest BCUT2D eigenvalue weighted by Crippen LogP contribution is -2.41. The lowest BCUT2D eigenvalue weighted by atomic mass is 9.91. The van der Waals surface area contributed by atoms with Crippen LogP contribution >= 0.6 is 0 Å². The van der Waals surface area contributed by atoms with E-state index in [4.69, 9.17) is 0 Å². The molecule has 5 heteroatoms. The molecule has 2 heterocycles. The summed E-state index contributed by atoms with van der Waals surface area (Å²) in [7, 11) is 0. The Balaban J connectivity index is 1.79. The summed E-state index contributed by atoms with van der Waals surface area (Å²) in [6.07, 6.45) is 3.84. The molecule has 2 aliphatic rings. The van der Waals surface area contributed by atoms with Crippen LogP contribution in [-0.4, -0.2) is 72.3 Å². The van der Waals surface area contributed by atoms with Crippen LogP contribution in [0.1, 0.15) is 46.5 Å².